The first-order valence-corrected chi connectivity index (χ1v) is 26.3. The van der Waals surface area contributed by atoms with E-state index in [9.17, 15) is 0 Å². The fourth-order valence-corrected chi connectivity index (χ4v) is 15.0. The largest absolute Gasteiger partial charge is 0.334 e. The van der Waals surface area contributed by atoms with Gasteiger partial charge < -0.3 is 9.80 Å². The molecule has 0 bridgehead atoms. The van der Waals surface area contributed by atoms with E-state index < -0.39 is 0 Å². The standard InChI is InChI=1S/C69H64N2/c1-65(2)52-19-13-11-17-48(52)50-35-29-43(37-58(50)65)41-25-31-45(32-26-41)70(46-33-27-42(28-34-46)44-30-36-51-49-18-12-14-20-53(49)66(3,4)59(51)38-44)47-39-60-64-61(40-47)69(9,10)57-24-16-22-55-63(57)71(64)62-54(67(55,5)6)21-15-23-56(62)68(60,7)8/h11-37,39,47,59H,38,40H2,1-10H3. The summed E-state index contributed by atoms with van der Waals surface area (Å²) in [5.41, 5.74) is 30.1. The van der Waals surface area contributed by atoms with Gasteiger partial charge in [-0.15, -0.1) is 0 Å². The number of para-hydroxylation sites is 2. The Morgan fingerprint density at radius 2 is 0.958 bits per heavy atom. The summed E-state index contributed by atoms with van der Waals surface area (Å²) < 4.78 is 0. The highest BCUT2D eigenvalue weighted by atomic mass is 15.2. The minimum Gasteiger partial charge on any atom is -0.334 e. The molecule has 2 unspecified atom stereocenters. The van der Waals surface area contributed by atoms with E-state index >= 15 is 0 Å². The van der Waals surface area contributed by atoms with Crippen molar-refractivity contribution in [2.45, 2.75) is 115 Å². The van der Waals surface area contributed by atoms with Crippen molar-refractivity contribution in [2.24, 2.45) is 5.92 Å². The van der Waals surface area contributed by atoms with Gasteiger partial charge in [-0.1, -0.05) is 209 Å². The van der Waals surface area contributed by atoms with Crippen LogP contribution in [-0.4, -0.2) is 6.04 Å². The van der Waals surface area contributed by atoms with E-state index in [0.29, 0.717) is 5.92 Å². The van der Waals surface area contributed by atoms with Gasteiger partial charge in [-0.05, 0) is 149 Å². The van der Waals surface area contributed by atoms with Gasteiger partial charge >= 0.3 is 0 Å². The number of hydrogen-bond acceptors (Lipinski definition) is 2. The molecule has 0 spiro atoms. The summed E-state index contributed by atoms with van der Waals surface area (Å²) in [6, 6.07) is 58.7. The van der Waals surface area contributed by atoms with Gasteiger partial charge in [0.2, 0.25) is 0 Å². The van der Waals surface area contributed by atoms with Crippen LogP contribution in [0.4, 0.5) is 22.7 Å². The second-order valence-corrected chi connectivity index (χ2v) is 24.5. The van der Waals surface area contributed by atoms with Crippen LogP contribution in [0, 0.1) is 5.92 Å². The zero-order valence-electron chi connectivity index (χ0n) is 43.1. The molecule has 0 N–H and O–H groups in total. The van der Waals surface area contributed by atoms with E-state index in [2.05, 4.69) is 249 Å². The molecule has 7 aromatic carbocycles. The molecule has 7 aromatic rings. The average Bonchev–Trinajstić information content (AvgIpc) is 3.75. The zero-order chi connectivity index (χ0) is 48.7. The van der Waals surface area contributed by atoms with E-state index in [0.717, 1.165) is 12.8 Å². The molecule has 2 atom stereocenters. The molecule has 0 fully saturated rings. The second-order valence-electron chi connectivity index (χ2n) is 24.5. The van der Waals surface area contributed by atoms with Crippen LogP contribution in [0.1, 0.15) is 132 Å². The number of allylic oxidation sites excluding steroid dienone is 5. The fraction of sp³-hybridized carbons (Fsp3) is 0.275. The summed E-state index contributed by atoms with van der Waals surface area (Å²) in [6.07, 6.45) is 9.46. The lowest BCUT2D eigenvalue weighted by molar-refractivity contribution is 0.418. The maximum absolute atomic E-state index is 2.72. The van der Waals surface area contributed by atoms with Crippen molar-refractivity contribution in [3.05, 3.63) is 237 Å². The molecule has 0 radical (unpaired) electrons. The topological polar surface area (TPSA) is 6.48 Å². The van der Waals surface area contributed by atoms with Crippen molar-refractivity contribution in [1.29, 1.82) is 0 Å². The molecule has 7 aliphatic rings. The van der Waals surface area contributed by atoms with Crippen LogP contribution in [0.2, 0.25) is 0 Å². The van der Waals surface area contributed by atoms with Gasteiger partial charge in [-0.25, -0.2) is 0 Å². The maximum Gasteiger partial charge on any atom is 0.0567 e. The molecule has 0 saturated carbocycles. The normalized spacial score (nSPS) is 22.0. The highest BCUT2D eigenvalue weighted by molar-refractivity contribution is 5.94. The van der Waals surface area contributed by atoms with Crippen LogP contribution in [-0.2, 0) is 27.1 Å². The quantitative estimate of drug-likeness (QED) is 0.170. The second kappa shape index (κ2) is 14.2. The fourth-order valence-electron chi connectivity index (χ4n) is 15.0. The molecule has 3 aliphatic heterocycles. The summed E-state index contributed by atoms with van der Waals surface area (Å²) in [5.74, 6) is 0.462. The zero-order valence-corrected chi connectivity index (χ0v) is 43.1. The van der Waals surface area contributed by atoms with Crippen LogP contribution in [0.5, 0.6) is 0 Å². The molecule has 350 valence electrons. The van der Waals surface area contributed by atoms with E-state index in [-0.39, 0.29) is 33.1 Å². The third-order valence-electron chi connectivity index (χ3n) is 19.2. The van der Waals surface area contributed by atoms with Crippen LogP contribution < -0.4 is 9.80 Å². The Hall–Kier alpha value is -6.90. The van der Waals surface area contributed by atoms with Gasteiger partial charge in [0.25, 0.3) is 0 Å². The number of rotatable bonds is 5. The summed E-state index contributed by atoms with van der Waals surface area (Å²) in [6.45, 7) is 24.5. The molecule has 0 amide bonds. The van der Waals surface area contributed by atoms with Crippen LogP contribution in [0.3, 0.4) is 0 Å². The van der Waals surface area contributed by atoms with Gasteiger partial charge in [0, 0.05) is 33.0 Å². The Morgan fingerprint density at radius 3 is 1.62 bits per heavy atom. The molecule has 0 aromatic heterocycles. The lowest BCUT2D eigenvalue weighted by atomic mass is 9.58. The van der Waals surface area contributed by atoms with Crippen molar-refractivity contribution in [3.8, 4) is 22.3 Å². The van der Waals surface area contributed by atoms with Gasteiger partial charge in [0.05, 0.1) is 23.1 Å². The number of fused-ring (bicyclic) bond motifs is 6. The predicted molar refractivity (Wildman–Crippen MR) is 298 cm³/mol. The maximum atomic E-state index is 2.72. The molecular formula is C69H64N2. The third kappa shape index (κ3) is 5.60. The lowest BCUT2D eigenvalue weighted by Gasteiger charge is -2.58. The van der Waals surface area contributed by atoms with Crippen molar-refractivity contribution >= 4 is 33.9 Å². The van der Waals surface area contributed by atoms with Crippen molar-refractivity contribution < 1.29 is 0 Å². The minimum absolute atomic E-state index is 0.0498. The van der Waals surface area contributed by atoms with Gasteiger partial charge in [0.1, 0.15) is 0 Å². The predicted octanol–water partition coefficient (Wildman–Crippen LogP) is 17.6. The molecular weight excluding hydrogens is 857 g/mol. The molecule has 3 heterocycles. The van der Waals surface area contributed by atoms with Crippen molar-refractivity contribution in [1.82, 2.24) is 0 Å². The summed E-state index contributed by atoms with van der Waals surface area (Å²) in [4.78, 5) is 5.39. The monoisotopic (exact) mass is 921 g/mol. The highest BCUT2D eigenvalue weighted by Crippen LogP contribution is 2.66. The summed E-state index contributed by atoms with van der Waals surface area (Å²) >= 11 is 0. The number of benzene rings is 7. The molecule has 2 heteroatoms. The Labute approximate surface area is 421 Å². The first-order valence-electron chi connectivity index (χ1n) is 26.3. The molecule has 4 aliphatic carbocycles. The molecule has 0 saturated heterocycles. The highest BCUT2D eigenvalue weighted by Gasteiger charge is 2.55. The number of anilines is 4. The Bertz CT molecular complexity index is 3610. The molecule has 14 rings (SSSR count). The van der Waals surface area contributed by atoms with E-state index in [4.69, 9.17) is 0 Å². The summed E-state index contributed by atoms with van der Waals surface area (Å²) in [5, 5.41) is 0. The van der Waals surface area contributed by atoms with Crippen molar-refractivity contribution in [2.75, 3.05) is 9.80 Å². The first-order chi connectivity index (χ1) is 34.0. The van der Waals surface area contributed by atoms with E-state index in [1.54, 1.807) is 0 Å². The lowest BCUT2D eigenvalue weighted by Crippen LogP contribution is -2.50. The first kappa shape index (κ1) is 42.9. The van der Waals surface area contributed by atoms with Crippen LogP contribution in [0.25, 0.3) is 33.4 Å². The average molecular weight is 921 g/mol. The van der Waals surface area contributed by atoms with E-state index in [1.807, 2.05) is 0 Å². The van der Waals surface area contributed by atoms with E-state index in [1.165, 1.54) is 123 Å². The van der Waals surface area contributed by atoms with Crippen LogP contribution >= 0.6 is 0 Å². The van der Waals surface area contributed by atoms with Gasteiger partial charge in [-0.2, -0.15) is 0 Å². The van der Waals surface area contributed by atoms with Gasteiger partial charge in [0.15, 0.2) is 0 Å². The Morgan fingerprint density at radius 1 is 0.437 bits per heavy atom. The number of hydrogen-bond donors (Lipinski definition) is 0. The third-order valence-corrected chi connectivity index (χ3v) is 19.2. The Balaban J connectivity index is 0.899. The van der Waals surface area contributed by atoms with Crippen LogP contribution in [0.15, 0.2) is 187 Å². The SMILES string of the molecule is CC1(C)C2=CC(N(c3ccc(C4=CC=C5c6ccccc6C(C)(C)C5C4)cc3)c3ccc(-c4ccc5c(c4)C(C)(C)c4ccccc4-5)cc3)CC3=C2N2c4c1cccc4C(C)(C)c1cccc(c12)C3(C)C. The smallest absolute Gasteiger partial charge is 0.0567 e. The van der Waals surface area contributed by atoms with Gasteiger partial charge in [-0.3, -0.25) is 0 Å². The minimum atomic E-state index is -0.217. The number of nitrogens with zero attached hydrogens (tertiary/aromatic N) is 2. The molecule has 71 heavy (non-hydrogen) atoms. The molecule has 2 nitrogen and oxygen atoms in total. The Kier molecular flexibility index (Phi) is 8.56. The summed E-state index contributed by atoms with van der Waals surface area (Å²) in [7, 11) is 0. The van der Waals surface area contributed by atoms with Crippen molar-refractivity contribution in [3.63, 3.8) is 0 Å².